The molecule has 0 amide bonds. The van der Waals surface area contributed by atoms with Gasteiger partial charge in [-0.3, -0.25) is 19.6 Å². The van der Waals surface area contributed by atoms with E-state index in [1.165, 1.54) is 18.2 Å². The second kappa shape index (κ2) is 6.15. The Balaban J connectivity index is 2.13. The molecule has 2 N–H and O–H groups in total. The van der Waals surface area contributed by atoms with E-state index in [-0.39, 0.29) is 16.5 Å². The summed E-state index contributed by atoms with van der Waals surface area (Å²) in [4.78, 5) is 27.5. The van der Waals surface area contributed by atoms with Gasteiger partial charge in [0.25, 0.3) is 0 Å². The van der Waals surface area contributed by atoms with Crippen LogP contribution >= 0.6 is 19.4 Å². The number of phosphoric acid groups is 1. The maximum absolute atomic E-state index is 10.8. The first kappa shape index (κ1) is 14.7. The van der Waals surface area contributed by atoms with E-state index in [0.29, 0.717) is 5.75 Å². The van der Waals surface area contributed by atoms with Crippen molar-refractivity contribution in [2.24, 2.45) is 0 Å². The van der Waals surface area contributed by atoms with Crippen LogP contribution in [-0.4, -0.2) is 9.79 Å². The van der Waals surface area contributed by atoms with Gasteiger partial charge in [-0.1, -0.05) is 35.9 Å². The van der Waals surface area contributed by atoms with E-state index >= 15 is 0 Å². The van der Waals surface area contributed by atoms with Crippen molar-refractivity contribution in [3.63, 3.8) is 0 Å². The van der Waals surface area contributed by atoms with Crippen LogP contribution in [-0.2, 0) is 4.57 Å². The van der Waals surface area contributed by atoms with Crippen molar-refractivity contribution in [1.82, 2.24) is 0 Å². The minimum absolute atomic E-state index is 0.0708. The van der Waals surface area contributed by atoms with E-state index in [9.17, 15) is 4.57 Å². The summed E-state index contributed by atoms with van der Waals surface area (Å²) in [5.74, 6) is 0.320. The van der Waals surface area contributed by atoms with Gasteiger partial charge in [0, 0.05) is 0 Å². The quantitative estimate of drug-likeness (QED) is 0.500. The minimum atomic E-state index is -4.69. The van der Waals surface area contributed by atoms with E-state index in [1.807, 2.05) is 6.07 Å². The van der Waals surface area contributed by atoms with E-state index < -0.39 is 7.82 Å². The van der Waals surface area contributed by atoms with Crippen molar-refractivity contribution in [1.29, 1.82) is 0 Å². The lowest BCUT2D eigenvalue weighted by molar-refractivity contribution is -0.0999. The van der Waals surface area contributed by atoms with Crippen LogP contribution in [0.2, 0.25) is 5.02 Å². The second-order valence-corrected chi connectivity index (χ2v) is 5.17. The Hall–Kier alpha value is -1.72. The highest BCUT2D eigenvalue weighted by atomic mass is 35.5. The number of hydrogen-bond acceptors (Lipinski definition) is 4. The Morgan fingerprint density at radius 2 is 1.55 bits per heavy atom. The summed E-state index contributed by atoms with van der Waals surface area (Å²) in [6, 6.07) is 12.9. The number of hydrogen-bond donors (Lipinski definition) is 2. The third-order valence-corrected chi connectivity index (χ3v) is 2.92. The molecular weight excluding hydrogens is 307 g/mol. The summed E-state index contributed by atoms with van der Waals surface area (Å²) in [7, 11) is -4.69. The monoisotopic (exact) mass is 316 g/mol. The molecule has 8 heteroatoms. The molecule has 2 aromatic rings. The molecule has 106 valence electrons. The van der Waals surface area contributed by atoms with Crippen LogP contribution in [0.25, 0.3) is 0 Å². The van der Waals surface area contributed by atoms with Gasteiger partial charge in [-0.05, 0) is 24.3 Å². The molecule has 2 rings (SSSR count). The predicted molar refractivity (Wildman–Crippen MR) is 71.8 cm³/mol. The highest BCUT2D eigenvalue weighted by molar-refractivity contribution is 7.46. The number of para-hydroxylation sites is 1. The molecule has 20 heavy (non-hydrogen) atoms. The van der Waals surface area contributed by atoms with Crippen LogP contribution in [0.3, 0.4) is 0 Å². The summed E-state index contributed by atoms with van der Waals surface area (Å²) in [5.41, 5.74) is 0. The van der Waals surface area contributed by atoms with Crippen molar-refractivity contribution in [3.05, 3.63) is 53.6 Å². The third kappa shape index (κ3) is 4.15. The van der Waals surface area contributed by atoms with Gasteiger partial charge in [0.05, 0.1) is 0 Å². The molecule has 0 aliphatic rings. The Bertz CT molecular complexity index is 627. The fourth-order valence-electron chi connectivity index (χ4n) is 1.32. The predicted octanol–water partition coefficient (Wildman–Crippen LogP) is 3.18. The second-order valence-electron chi connectivity index (χ2n) is 3.63. The fourth-order valence-corrected chi connectivity index (χ4v) is 1.98. The molecule has 2 aromatic carbocycles. The number of rotatable bonds is 5. The molecule has 0 aromatic heterocycles. The zero-order valence-electron chi connectivity index (χ0n) is 9.97. The maximum Gasteiger partial charge on any atom is 0.524 e. The van der Waals surface area contributed by atoms with Crippen molar-refractivity contribution >= 4 is 19.4 Å². The minimum Gasteiger partial charge on any atom is -0.403 e. The molecule has 0 saturated heterocycles. The maximum atomic E-state index is 10.8. The Morgan fingerprint density at radius 3 is 2.20 bits per heavy atom. The average Bonchev–Trinajstić information content (AvgIpc) is 2.39. The summed E-state index contributed by atoms with van der Waals surface area (Å²) in [6.07, 6.45) is 0. The molecule has 6 nitrogen and oxygen atoms in total. The fraction of sp³-hybridized carbons (Fsp3) is 0. The summed E-state index contributed by atoms with van der Waals surface area (Å²) < 4.78 is 15.2. The van der Waals surface area contributed by atoms with E-state index in [2.05, 4.69) is 4.52 Å². The van der Waals surface area contributed by atoms with Crippen molar-refractivity contribution in [3.8, 4) is 17.2 Å². The molecular formula is C12H10ClO6P. The summed E-state index contributed by atoms with van der Waals surface area (Å²) >= 11 is 5.91. The molecule has 0 bridgehead atoms. The lowest BCUT2D eigenvalue weighted by Crippen LogP contribution is -2.01. The normalized spacial score (nSPS) is 10.9. The molecule has 0 atom stereocenters. The largest absolute Gasteiger partial charge is 0.524 e. The molecule has 0 unspecified atom stereocenters. The van der Waals surface area contributed by atoms with Crippen molar-refractivity contribution < 1.29 is 28.7 Å². The molecule has 0 fully saturated rings. The summed E-state index contributed by atoms with van der Waals surface area (Å²) in [5, 5.41) is -0.105. The molecule has 0 spiro atoms. The lowest BCUT2D eigenvalue weighted by atomic mass is 10.3. The van der Waals surface area contributed by atoms with Gasteiger partial charge in [-0.25, -0.2) is 4.57 Å². The van der Waals surface area contributed by atoms with Gasteiger partial charge in [0.1, 0.15) is 5.02 Å². The SMILES string of the molecule is O=P(O)(O)Oc1cccc(OOc2ccccc2)c1Cl. The average molecular weight is 317 g/mol. The van der Waals surface area contributed by atoms with E-state index in [1.54, 1.807) is 24.3 Å². The van der Waals surface area contributed by atoms with Crippen molar-refractivity contribution in [2.45, 2.75) is 0 Å². The Morgan fingerprint density at radius 1 is 0.900 bits per heavy atom. The van der Waals surface area contributed by atoms with Gasteiger partial charge >= 0.3 is 7.82 Å². The van der Waals surface area contributed by atoms with Crippen LogP contribution in [0.15, 0.2) is 48.5 Å². The number of halogens is 1. The molecule has 0 aliphatic carbocycles. The standard InChI is InChI=1S/C12H10ClO6P/c13-12-10(18-17-9-5-2-1-3-6-9)7-4-8-11(12)19-20(14,15)16/h1-8H,(H2,14,15,16). The van der Waals surface area contributed by atoms with Crippen LogP contribution < -0.4 is 14.3 Å². The first-order chi connectivity index (χ1) is 9.46. The lowest BCUT2D eigenvalue weighted by Gasteiger charge is -2.11. The van der Waals surface area contributed by atoms with Gasteiger partial charge in [0.2, 0.25) is 5.75 Å². The van der Waals surface area contributed by atoms with E-state index in [0.717, 1.165) is 0 Å². The van der Waals surface area contributed by atoms with Gasteiger partial charge in [0.15, 0.2) is 11.5 Å². The van der Waals surface area contributed by atoms with Crippen LogP contribution in [0.4, 0.5) is 0 Å². The first-order valence-electron chi connectivity index (χ1n) is 5.39. The highest BCUT2D eigenvalue weighted by Crippen LogP contribution is 2.43. The molecule has 0 radical (unpaired) electrons. The Labute approximate surface area is 119 Å². The summed E-state index contributed by atoms with van der Waals surface area (Å²) in [6.45, 7) is 0. The topological polar surface area (TPSA) is 85.2 Å². The molecule has 0 heterocycles. The Kier molecular flexibility index (Phi) is 4.52. The van der Waals surface area contributed by atoms with E-state index in [4.69, 9.17) is 31.2 Å². The van der Waals surface area contributed by atoms with Gasteiger partial charge in [-0.2, -0.15) is 0 Å². The molecule has 0 saturated carbocycles. The molecule has 0 aliphatic heterocycles. The third-order valence-electron chi connectivity index (χ3n) is 2.12. The van der Waals surface area contributed by atoms with Crippen molar-refractivity contribution in [2.75, 3.05) is 0 Å². The van der Waals surface area contributed by atoms with Crippen LogP contribution in [0.1, 0.15) is 0 Å². The zero-order valence-corrected chi connectivity index (χ0v) is 11.6. The zero-order chi connectivity index (χ0) is 14.6. The highest BCUT2D eigenvalue weighted by Gasteiger charge is 2.20. The number of phosphoric ester groups is 1. The first-order valence-corrected chi connectivity index (χ1v) is 7.30. The van der Waals surface area contributed by atoms with Crippen LogP contribution in [0.5, 0.6) is 17.2 Å². The van der Waals surface area contributed by atoms with Gasteiger partial charge < -0.3 is 4.52 Å². The number of benzene rings is 2. The smallest absolute Gasteiger partial charge is 0.403 e. The van der Waals surface area contributed by atoms with Gasteiger partial charge in [-0.15, -0.1) is 0 Å². The van der Waals surface area contributed by atoms with Crippen LogP contribution in [0, 0.1) is 0 Å².